The number of piperidine rings is 1. The van der Waals surface area contributed by atoms with Gasteiger partial charge in [0.1, 0.15) is 17.9 Å². The van der Waals surface area contributed by atoms with Crippen molar-refractivity contribution in [2.45, 2.75) is 45.3 Å². The van der Waals surface area contributed by atoms with E-state index < -0.39 is 0 Å². The summed E-state index contributed by atoms with van der Waals surface area (Å²) in [5.74, 6) is 0.392. The zero-order valence-corrected chi connectivity index (χ0v) is 25.1. The van der Waals surface area contributed by atoms with Gasteiger partial charge in [-0.3, -0.25) is 14.7 Å². The zero-order valence-electron chi connectivity index (χ0n) is 23.6. The molecule has 216 valence electrons. The second-order valence-electron chi connectivity index (χ2n) is 10.4. The van der Waals surface area contributed by atoms with Gasteiger partial charge in [-0.1, -0.05) is 66.5 Å². The largest absolute Gasteiger partial charge is 0.495 e. The van der Waals surface area contributed by atoms with Gasteiger partial charge >= 0.3 is 5.97 Å². The van der Waals surface area contributed by atoms with E-state index in [2.05, 4.69) is 45.5 Å². The number of esters is 1. The molecular weight excluding hydrogens is 571 g/mol. The SMILES string of the molecule is CCCC(=O)OC1CCN(Cc2ccc(-c3ccc4c(Nc5cc(OC)c(Cl)cc5Cl)c(C#N)cnc4c3)cc2)CC1. The summed E-state index contributed by atoms with van der Waals surface area (Å²) in [7, 11) is 1.53. The van der Waals surface area contributed by atoms with Gasteiger partial charge in [0.05, 0.1) is 39.6 Å². The first kappa shape index (κ1) is 29.7. The Hall–Kier alpha value is -3.83. The Balaban J connectivity index is 1.30. The second kappa shape index (κ2) is 13.4. The molecule has 1 saturated heterocycles. The van der Waals surface area contributed by atoms with E-state index in [0.29, 0.717) is 39.2 Å². The van der Waals surface area contributed by atoms with Gasteiger partial charge in [0.15, 0.2) is 0 Å². The Bertz CT molecular complexity index is 1630. The van der Waals surface area contributed by atoms with Gasteiger partial charge in [-0.15, -0.1) is 0 Å². The minimum atomic E-state index is -0.0833. The summed E-state index contributed by atoms with van der Waals surface area (Å²) in [6, 6.07) is 20.1. The molecule has 0 atom stereocenters. The van der Waals surface area contributed by atoms with Crippen molar-refractivity contribution < 1.29 is 14.3 Å². The summed E-state index contributed by atoms with van der Waals surface area (Å²) in [6.07, 6.45) is 4.66. The number of likely N-dealkylation sites (tertiary alicyclic amines) is 1. The second-order valence-corrected chi connectivity index (χ2v) is 11.2. The molecule has 0 radical (unpaired) electrons. The molecule has 5 rings (SSSR count). The number of nitrogens with zero attached hydrogens (tertiary/aromatic N) is 3. The van der Waals surface area contributed by atoms with E-state index in [1.165, 1.54) is 12.7 Å². The molecule has 9 heteroatoms. The van der Waals surface area contributed by atoms with Gasteiger partial charge in [0.25, 0.3) is 0 Å². The van der Waals surface area contributed by atoms with Crippen LogP contribution >= 0.6 is 23.2 Å². The minimum absolute atomic E-state index is 0.0372. The van der Waals surface area contributed by atoms with Crippen molar-refractivity contribution in [2.24, 2.45) is 0 Å². The van der Waals surface area contributed by atoms with Gasteiger partial charge in [-0.05, 0) is 48.1 Å². The van der Waals surface area contributed by atoms with Crippen LogP contribution in [0.2, 0.25) is 10.0 Å². The number of pyridine rings is 1. The lowest BCUT2D eigenvalue weighted by molar-refractivity contribution is -0.151. The van der Waals surface area contributed by atoms with Crippen LogP contribution in [-0.2, 0) is 16.1 Å². The minimum Gasteiger partial charge on any atom is -0.495 e. The molecule has 1 aromatic heterocycles. The van der Waals surface area contributed by atoms with Crippen LogP contribution in [-0.4, -0.2) is 42.2 Å². The van der Waals surface area contributed by atoms with Crippen LogP contribution in [0.3, 0.4) is 0 Å². The molecule has 1 aliphatic rings. The van der Waals surface area contributed by atoms with E-state index in [-0.39, 0.29) is 12.1 Å². The lowest BCUT2D eigenvalue weighted by atomic mass is 10.00. The molecule has 2 heterocycles. The Labute approximate surface area is 256 Å². The number of rotatable bonds is 9. The van der Waals surface area contributed by atoms with E-state index in [0.717, 1.165) is 60.9 Å². The summed E-state index contributed by atoms with van der Waals surface area (Å²) in [5, 5.41) is 14.7. The quantitative estimate of drug-likeness (QED) is 0.193. The zero-order chi connectivity index (χ0) is 29.6. The molecule has 0 bridgehead atoms. The number of hydrogen-bond acceptors (Lipinski definition) is 7. The fraction of sp³-hybridized carbons (Fsp3) is 0.303. The standard InChI is InChI=1S/C33H32Cl2N4O3/c1-3-4-32(40)42-25-11-13-39(14-12-25)20-21-5-7-22(8-6-21)23-9-10-26-29(15-23)37-19-24(18-36)33(26)38-30-17-31(41-2)28(35)16-27(30)34/h5-10,15-17,19,25H,3-4,11-14,20H2,1-2H3,(H,37,38). The summed E-state index contributed by atoms with van der Waals surface area (Å²) in [6.45, 7) is 4.68. The smallest absolute Gasteiger partial charge is 0.306 e. The van der Waals surface area contributed by atoms with Crippen molar-refractivity contribution in [1.29, 1.82) is 5.26 Å². The highest BCUT2D eigenvalue weighted by Gasteiger charge is 2.22. The molecule has 1 fully saturated rings. The Morgan fingerprint density at radius 2 is 1.81 bits per heavy atom. The molecule has 7 nitrogen and oxygen atoms in total. The maximum atomic E-state index is 11.8. The number of aromatic nitrogens is 1. The predicted molar refractivity (Wildman–Crippen MR) is 167 cm³/mol. The van der Waals surface area contributed by atoms with Crippen molar-refractivity contribution in [1.82, 2.24) is 9.88 Å². The number of ether oxygens (including phenoxy) is 2. The maximum Gasteiger partial charge on any atom is 0.306 e. The average Bonchev–Trinajstić information content (AvgIpc) is 2.99. The highest BCUT2D eigenvalue weighted by molar-refractivity contribution is 6.37. The fourth-order valence-electron chi connectivity index (χ4n) is 5.20. The van der Waals surface area contributed by atoms with Crippen LogP contribution in [0.25, 0.3) is 22.0 Å². The summed E-state index contributed by atoms with van der Waals surface area (Å²) < 4.78 is 10.9. The number of methoxy groups -OCH3 is 1. The number of nitriles is 1. The number of carbonyl (C=O) groups is 1. The molecule has 1 N–H and O–H groups in total. The molecule has 1 aliphatic heterocycles. The first-order chi connectivity index (χ1) is 20.4. The summed E-state index contributed by atoms with van der Waals surface area (Å²) in [4.78, 5) is 18.8. The van der Waals surface area contributed by atoms with E-state index in [1.807, 2.05) is 25.1 Å². The van der Waals surface area contributed by atoms with Crippen LogP contribution in [0.4, 0.5) is 11.4 Å². The van der Waals surface area contributed by atoms with Crippen molar-refractivity contribution in [2.75, 3.05) is 25.5 Å². The van der Waals surface area contributed by atoms with Crippen LogP contribution in [0.1, 0.15) is 43.7 Å². The van der Waals surface area contributed by atoms with Crippen molar-refractivity contribution in [3.05, 3.63) is 82.0 Å². The Kier molecular flexibility index (Phi) is 9.48. The highest BCUT2D eigenvalue weighted by atomic mass is 35.5. The third-order valence-corrected chi connectivity index (χ3v) is 8.08. The molecule has 0 spiro atoms. The van der Waals surface area contributed by atoms with Gasteiger partial charge in [0, 0.05) is 43.7 Å². The first-order valence-electron chi connectivity index (χ1n) is 14.0. The summed E-state index contributed by atoms with van der Waals surface area (Å²) >= 11 is 12.7. The lowest BCUT2D eigenvalue weighted by Crippen LogP contribution is -2.37. The van der Waals surface area contributed by atoms with Crippen molar-refractivity contribution in [3.8, 4) is 22.9 Å². The van der Waals surface area contributed by atoms with Crippen LogP contribution < -0.4 is 10.1 Å². The van der Waals surface area contributed by atoms with Gasteiger partial charge in [-0.2, -0.15) is 5.26 Å². The highest BCUT2D eigenvalue weighted by Crippen LogP contribution is 2.38. The molecule has 0 amide bonds. The topological polar surface area (TPSA) is 87.5 Å². The molecule has 0 saturated carbocycles. The van der Waals surface area contributed by atoms with E-state index in [4.69, 9.17) is 32.7 Å². The van der Waals surface area contributed by atoms with Gasteiger partial charge in [-0.25, -0.2) is 0 Å². The normalized spacial score (nSPS) is 14.0. The Morgan fingerprint density at radius 3 is 2.50 bits per heavy atom. The fourth-order valence-corrected chi connectivity index (χ4v) is 5.71. The van der Waals surface area contributed by atoms with Crippen LogP contribution in [0.5, 0.6) is 5.75 Å². The number of halogens is 2. The third-order valence-electron chi connectivity index (χ3n) is 7.47. The van der Waals surface area contributed by atoms with Gasteiger partial charge in [0.2, 0.25) is 0 Å². The third kappa shape index (κ3) is 6.79. The van der Waals surface area contributed by atoms with Crippen LogP contribution in [0, 0.1) is 11.3 Å². The van der Waals surface area contributed by atoms with E-state index >= 15 is 0 Å². The number of carbonyl (C=O) groups excluding carboxylic acids is 1. The van der Waals surface area contributed by atoms with Crippen molar-refractivity contribution in [3.63, 3.8) is 0 Å². The molecule has 3 aromatic carbocycles. The average molecular weight is 604 g/mol. The number of nitrogens with one attached hydrogen (secondary N) is 1. The number of hydrogen-bond donors (Lipinski definition) is 1. The van der Waals surface area contributed by atoms with Crippen LogP contribution in [0.15, 0.2) is 60.8 Å². The molecule has 0 aliphatic carbocycles. The monoisotopic (exact) mass is 602 g/mol. The first-order valence-corrected chi connectivity index (χ1v) is 14.8. The molecule has 0 unspecified atom stereocenters. The number of fused-ring (bicyclic) bond motifs is 1. The Morgan fingerprint density at radius 1 is 1.07 bits per heavy atom. The van der Waals surface area contributed by atoms with E-state index in [9.17, 15) is 10.1 Å². The summed E-state index contributed by atoms with van der Waals surface area (Å²) in [5.41, 5.74) is 5.67. The van der Waals surface area contributed by atoms with Gasteiger partial charge < -0.3 is 14.8 Å². The van der Waals surface area contributed by atoms with E-state index in [1.54, 1.807) is 18.3 Å². The maximum absolute atomic E-state index is 11.8. The molecule has 4 aromatic rings. The molecule has 42 heavy (non-hydrogen) atoms. The number of anilines is 2. The molecular formula is C33H32Cl2N4O3. The lowest BCUT2D eigenvalue weighted by Gasteiger charge is -2.31. The predicted octanol–water partition coefficient (Wildman–Crippen LogP) is 8.14. The number of benzene rings is 3. The van der Waals surface area contributed by atoms with Crippen molar-refractivity contribution >= 4 is 51.4 Å².